The maximum atomic E-state index is 12.8. The molecule has 0 aliphatic carbocycles. The van der Waals surface area contributed by atoms with Gasteiger partial charge in [-0.05, 0) is 12.1 Å². The topological polar surface area (TPSA) is 59.2 Å². The first-order chi connectivity index (χ1) is 8.62. The van der Waals surface area contributed by atoms with Gasteiger partial charge in [-0.1, -0.05) is 0 Å². The van der Waals surface area contributed by atoms with Gasteiger partial charge in [0.25, 0.3) is 0 Å². The SMILES string of the molecule is FC1(F)Oc2ccc(NCc3ncc[nH]3)cc2O1. The van der Waals surface area contributed by atoms with Crippen molar-refractivity contribution in [1.82, 2.24) is 9.97 Å². The molecular weight excluding hydrogens is 244 g/mol. The average Bonchev–Trinajstić information content (AvgIpc) is 2.90. The number of fused-ring (bicyclic) bond motifs is 1. The lowest BCUT2D eigenvalue weighted by Crippen LogP contribution is -2.25. The molecule has 3 rings (SSSR count). The Labute approximate surface area is 101 Å². The zero-order valence-corrected chi connectivity index (χ0v) is 9.11. The standard InChI is InChI=1S/C11H9F2N3O2/c12-11(13)17-8-2-1-7(5-9(8)18-11)16-6-10-14-3-4-15-10/h1-5,16H,6H2,(H,14,15). The van der Waals surface area contributed by atoms with Crippen molar-refractivity contribution < 1.29 is 18.3 Å². The highest BCUT2D eigenvalue weighted by atomic mass is 19.3. The van der Waals surface area contributed by atoms with Crippen LogP contribution in [0, 0.1) is 0 Å². The van der Waals surface area contributed by atoms with E-state index in [2.05, 4.69) is 24.8 Å². The molecule has 2 N–H and O–H groups in total. The van der Waals surface area contributed by atoms with Crippen LogP contribution < -0.4 is 14.8 Å². The van der Waals surface area contributed by atoms with Crippen molar-refractivity contribution in [2.75, 3.05) is 5.32 Å². The van der Waals surface area contributed by atoms with Crippen LogP contribution in [0.15, 0.2) is 30.6 Å². The molecule has 18 heavy (non-hydrogen) atoms. The maximum absolute atomic E-state index is 12.8. The molecule has 0 spiro atoms. The Morgan fingerprint density at radius 1 is 1.28 bits per heavy atom. The van der Waals surface area contributed by atoms with Gasteiger partial charge in [0.15, 0.2) is 11.5 Å². The van der Waals surface area contributed by atoms with Crippen LogP contribution in [0.4, 0.5) is 14.5 Å². The molecule has 1 aromatic carbocycles. The molecule has 0 radical (unpaired) electrons. The second-order valence-corrected chi connectivity index (χ2v) is 3.72. The highest BCUT2D eigenvalue weighted by Crippen LogP contribution is 2.42. The molecule has 94 valence electrons. The highest BCUT2D eigenvalue weighted by molar-refractivity contribution is 5.55. The second kappa shape index (κ2) is 3.86. The molecule has 7 heteroatoms. The average molecular weight is 253 g/mol. The zero-order chi connectivity index (χ0) is 12.6. The van der Waals surface area contributed by atoms with Gasteiger partial charge in [0, 0.05) is 24.1 Å². The van der Waals surface area contributed by atoms with Crippen molar-refractivity contribution in [3.8, 4) is 11.5 Å². The van der Waals surface area contributed by atoms with Crippen molar-refractivity contribution in [1.29, 1.82) is 0 Å². The molecule has 0 fully saturated rings. The van der Waals surface area contributed by atoms with E-state index in [4.69, 9.17) is 0 Å². The molecule has 2 aromatic rings. The number of halogens is 2. The quantitative estimate of drug-likeness (QED) is 0.881. The lowest BCUT2D eigenvalue weighted by molar-refractivity contribution is -0.286. The number of imidazole rings is 1. The van der Waals surface area contributed by atoms with Crippen LogP contribution in [-0.2, 0) is 6.54 Å². The summed E-state index contributed by atoms with van der Waals surface area (Å²) < 4.78 is 34.2. The molecule has 0 unspecified atom stereocenters. The Bertz CT molecular complexity index is 557. The van der Waals surface area contributed by atoms with Gasteiger partial charge in [-0.15, -0.1) is 8.78 Å². The molecule has 0 amide bonds. The van der Waals surface area contributed by atoms with E-state index < -0.39 is 6.29 Å². The summed E-state index contributed by atoms with van der Waals surface area (Å²) in [6.07, 6.45) is -0.240. The number of hydrogen-bond donors (Lipinski definition) is 2. The van der Waals surface area contributed by atoms with E-state index in [1.165, 1.54) is 12.1 Å². The molecule has 0 bridgehead atoms. The summed E-state index contributed by atoms with van der Waals surface area (Å²) in [5.74, 6) is 0.797. The van der Waals surface area contributed by atoms with E-state index in [1.807, 2.05) is 0 Å². The fourth-order valence-corrected chi connectivity index (χ4v) is 1.64. The van der Waals surface area contributed by atoms with Crippen LogP contribution >= 0.6 is 0 Å². The summed E-state index contributed by atoms with van der Waals surface area (Å²) in [5, 5.41) is 3.03. The first-order valence-corrected chi connectivity index (χ1v) is 5.24. The molecule has 0 saturated carbocycles. The number of nitrogens with zero attached hydrogens (tertiary/aromatic N) is 1. The lowest BCUT2D eigenvalue weighted by atomic mass is 10.3. The van der Waals surface area contributed by atoms with Gasteiger partial charge in [-0.2, -0.15) is 0 Å². The Morgan fingerprint density at radius 2 is 2.11 bits per heavy atom. The van der Waals surface area contributed by atoms with E-state index in [9.17, 15) is 8.78 Å². The first kappa shape index (κ1) is 10.8. The number of alkyl halides is 2. The van der Waals surface area contributed by atoms with Gasteiger partial charge < -0.3 is 19.8 Å². The summed E-state index contributed by atoms with van der Waals surface area (Å²) in [6.45, 7) is 0.461. The van der Waals surface area contributed by atoms with E-state index in [0.29, 0.717) is 12.2 Å². The van der Waals surface area contributed by atoms with Crippen molar-refractivity contribution in [2.24, 2.45) is 0 Å². The van der Waals surface area contributed by atoms with Crippen LogP contribution in [-0.4, -0.2) is 16.3 Å². The summed E-state index contributed by atoms with van der Waals surface area (Å²) in [6, 6.07) is 4.52. The predicted octanol–water partition coefficient (Wildman–Crippen LogP) is 2.34. The number of aromatic nitrogens is 2. The molecule has 0 atom stereocenters. The molecule has 2 heterocycles. The maximum Gasteiger partial charge on any atom is 0.586 e. The lowest BCUT2D eigenvalue weighted by Gasteiger charge is -2.05. The van der Waals surface area contributed by atoms with Gasteiger partial charge in [-0.25, -0.2) is 4.98 Å². The fraction of sp³-hybridized carbons (Fsp3) is 0.182. The van der Waals surface area contributed by atoms with Crippen LogP contribution in [0.25, 0.3) is 0 Å². The van der Waals surface area contributed by atoms with Gasteiger partial charge >= 0.3 is 6.29 Å². The van der Waals surface area contributed by atoms with E-state index in [1.54, 1.807) is 18.5 Å². The van der Waals surface area contributed by atoms with Gasteiger partial charge in [0.1, 0.15) is 5.82 Å². The Morgan fingerprint density at radius 3 is 2.89 bits per heavy atom. The van der Waals surface area contributed by atoms with Gasteiger partial charge in [-0.3, -0.25) is 0 Å². The number of H-pyrrole nitrogens is 1. The van der Waals surface area contributed by atoms with E-state index in [-0.39, 0.29) is 11.5 Å². The number of aromatic amines is 1. The summed E-state index contributed by atoms with van der Waals surface area (Å²) in [7, 11) is 0. The fourth-order valence-electron chi connectivity index (χ4n) is 1.64. The molecule has 1 aromatic heterocycles. The number of benzene rings is 1. The first-order valence-electron chi connectivity index (χ1n) is 5.24. The summed E-state index contributed by atoms with van der Waals surface area (Å²) in [4.78, 5) is 6.96. The Hall–Kier alpha value is -2.31. The second-order valence-electron chi connectivity index (χ2n) is 3.72. The molecule has 5 nitrogen and oxygen atoms in total. The minimum atomic E-state index is -3.58. The van der Waals surface area contributed by atoms with Crippen molar-refractivity contribution in [3.05, 3.63) is 36.4 Å². The Kier molecular flexibility index (Phi) is 2.32. The van der Waals surface area contributed by atoms with Crippen LogP contribution in [0.1, 0.15) is 5.82 Å². The predicted molar refractivity (Wildman–Crippen MR) is 58.6 cm³/mol. The minimum absolute atomic E-state index is 0.0180. The third-order valence-corrected chi connectivity index (χ3v) is 2.42. The number of nitrogens with one attached hydrogen (secondary N) is 2. The molecule has 1 aliphatic heterocycles. The van der Waals surface area contributed by atoms with Crippen LogP contribution in [0.2, 0.25) is 0 Å². The highest BCUT2D eigenvalue weighted by Gasteiger charge is 2.43. The van der Waals surface area contributed by atoms with Crippen molar-refractivity contribution >= 4 is 5.69 Å². The van der Waals surface area contributed by atoms with E-state index >= 15 is 0 Å². The number of rotatable bonds is 3. The third kappa shape index (κ3) is 2.06. The third-order valence-electron chi connectivity index (χ3n) is 2.42. The summed E-state index contributed by atoms with van der Waals surface area (Å²) in [5.41, 5.74) is 0.645. The van der Waals surface area contributed by atoms with Crippen molar-refractivity contribution in [3.63, 3.8) is 0 Å². The molecule has 0 saturated heterocycles. The van der Waals surface area contributed by atoms with Gasteiger partial charge in [0.05, 0.1) is 6.54 Å². The van der Waals surface area contributed by atoms with Gasteiger partial charge in [0.2, 0.25) is 0 Å². The molecular formula is C11H9F2N3O2. The monoisotopic (exact) mass is 253 g/mol. The van der Waals surface area contributed by atoms with Crippen LogP contribution in [0.3, 0.4) is 0 Å². The Balaban J connectivity index is 1.72. The van der Waals surface area contributed by atoms with E-state index in [0.717, 1.165) is 5.82 Å². The summed E-state index contributed by atoms with van der Waals surface area (Å²) >= 11 is 0. The number of hydrogen-bond acceptors (Lipinski definition) is 4. The smallest absolute Gasteiger partial charge is 0.395 e. The molecule has 1 aliphatic rings. The van der Waals surface area contributed by atoms with Crippen LogP contribution in [0.5, 0.6) is 11.5 Å². The zero-order valence-electron chi connectivity index (χ0n) is 9.11. The largest absolute Gasteiger partial charge is 0.586 e. The minimum Gasteiger partial charge on any atom is -0.395 e. The normalized spacial score (nSPS) is 15.7. The number of anilines is 1. The number of ether oxygens (including phenoxy) is 2. The van der Waals surface area contributed by atoms with Crippen molar-refractivity contribution in [2.45, 2.75) is 12.8 Å².